The number of hydrogen-bond acceptors (Lipinski definition) is 3. The highest BCUT2D eigenvalue weighted by atomic mass is 16.5. The van der Waals surface area contributed by atoms with Crippen LogP contribution in [0.15, 0.2) is 0 Å². The van der Waals surface area contributed by atoms with Crippen molar-refractivity contribution in [3.05, 3.63) is 0 Å². The van der Waals surface area contributed by atoms with E-state index in [1.54, 1.807) is 7.11 Å². The average molecular weight is 229 g/mol. The minimum Gasteiger partial charge on any atom is -0.383 e. The lowest BCUT2D eigenvalue weighted by molar-refractivity contribution is -0.00308. The summed E-state index contributed by atoms with van der Waals surface area (Å²) in [4.78, 5) is 0. The van der Waals surface area contributed by atoms with Crippen molar-refractivity contribution in [3.8, 4) is 0 Å². The van der Waals surface area contributed by atoms with Crippen LogP contribution in [0, 0.1) is 5.92 Å². The SMILES string of the molecule is CCNC(COC)COC1CCC(C)CC1. The molecule has 1 rings (SSSR count). The zero-order valence-corrected chi connectivity index (χ0v) is 11.0. The van der Waals surface area contributed by atoms with Crippen molar-refractivity contribution in [1.29, 1.82) is 0 Å². The first-order chi connectivity index (χ1) is 7.76. The Morgan fingerprint density at radius 1 is 1.19 bits per heavy atom. The van der Waals surface area contributed by atoms with E-state index in [2.05, 4.69) is 19.2 Å². The van der Waals surface area contributed by atoms with E-state index in [9.17, 15) is 0 Å². The number of likely N-dealkylation sites (N-methyl/N-ethyl adjacent to an activating group) is 1. The number of hydrogen-bond donors (Lipinski definition) is 1. The van der Waals surface area contributed by atoms with Gasteiger partial charge in [0.05, 0.1) is 25.4 Å². The van der Waals surface area contributed by atoms with Gasteiger partial charge in [-0.05, 0) is 38.1 Å². The Balaban J connectivity index is 2.15. The van der Waals surface area contributed by atoms with Gasteiger partial charge in [-0.2, -0.15) is 0 Å². The van der Waals surface area contributed by atoms with Crippen LogP contribution in [0.1, 0.15) is 39.5 Å². The van der Waals surface area contributed by atoms with E-state index in [4.69, 9.17) is 9.47 Å². The molecule has 0 bridgehead atoms. The third kappa shape index (κ3) is 5.28. The fraction of sp³-hybridized carbons (Fsp3) is 1.00. The molecule has 3 nitrogen and oxygen atoms in total. The summed E-state index contributed by atoms with van der Waals surface area (Å²) < 4.78 is 11.1. The smallest absolute Gasteiger partial charge is 0.0645 e. The van der Waals surface area contributed by atoms with E-state index in [1.165, 1.54) is 25.7 Å². The molecule has 0 aromatic rings. The van der Waals surface area contributed by atoms with Gasteiger partial charge in [-0.1, -0.05) is 13.8 Å². The summed E-state index contributed by atoms with van der Waals surface area (Å²) in [5.74, 6) is 0.892. The van der Waals surface area contributed by atoms with Crippen LogP contribution in [0.5, 0.6) is 0 Å². The van der Waals surface area contributed by atoms with Crippen molar-refractivity contribution in [2.45, 2.75) is 51.7 Å². The van der Waals surface area contributed by atoms with Crippen LogP contribution in [0.3, 0.4) is 0 Å². The van der Waals surface area contributed by atoms with Crippen LogP contribution in [-0.2, 0) is 9.47 Å². The normalized spacial score (nSPS) is 27.9. The number of methoxy groups -OCH3 is 1. The first-order valence-corrected chi connectivity index (χ1v) is 6.60. The maximum atomic E-state index is 5.96. The molecule has 0 radical (unpaired) electrons. The maximum Gasteiger partial charge on any atom is 0.0645 e. The topological polar surface area (TPSA) is 30.5 Å². The molecule has 3 heteroatoms. The Labute approximate surface area is 99.9 Å². The van der Waals surface area contributed by atoms with E-state index < -0.39 is 0 Å². The molecule has 0 aromatic heterocycles. The van der Waals surface area contributed by atoms with Gasteiger partial charge in [0, 0.05) is 7.11 Å². The molecular formula is C13H27NO2. The molecule has 1 atom stereocenters. The molecule has 0 heterocycles. The molecule has 0 saturated heterocycles. The molecule has 1 aliphatic carbocycles. The summed E-state index contributed by atoms with van der Waals surface area (Å²) in [6.07, 6.45) is 5.58. The maximum absolute atomic E-state index is 5.96. The van der Waals surface area contributed by atoms with Crippen molar-refractivity contribution in [2.24, 2.45) is 5.92 Å². The van der Waals surface area contributed by atoms with Crippen LogP contribution in [0.4, 0.5) is 0 Å². The van der Waals surface area contributed by atoms with Crippen LogP contribution in [0.2, 0.25) is 0 Å². The van der Waals surface area contributed by atoms with Gasteiger partial charge in [0.2, 0.25) is 0 Å². The summed E-state index contributed by atoms with van der Waals surface area (Å²) in [5.41, 5.74) is 0. The highest BCUT2D eigenvalue weighted by Crippen LogP contribution is 2.25. The highest BCUT2D eigenvalue weighted by molar-refractivity contribution is 4.72. The summed E-state index contributed by atoms with van der Waals surface area (Å²) in [5, 5.41) is 3.38. The lowest BCUT2D eigenvalue weighted by atomic mass is 9.89. The lowest BCUT2D eigenvalue weighted by Crippen LogP contribution is -2.38. The van der Waals surface area contributed by atoms with Crippen molar-refractivity contribution >= 4 is 0 Å². The molecule has 1 N–H and O–H groups in total. The van der Waals surface area contributed by atoms with Gasteiger partial charge in [-0.25, -0.2) is 0 Å². The Kier molecular flexibility index (Phi) is 7.01. The van der Waals surface area contributed by atoms with E-state index in [0.29, 0.717) is 12.1 Å². The van der Waals surface area contributed by atoms with Crippen molar-refractivity contribution in [1.82, 2.24) is 5.32 Å². The van der Waals surface area contributed by atoms with Crippen molar-refractivity contribution < 1.29 is 9.47 Å². The summed E-state index contributed by atoms with van der Waals surface area (Å²) in [7, 11) is 1.74. The van der Waals surface area contributed by atoms with Gasteiger partial charge in [-0.15, -0.1) is 0 Å². The third-order valence-electron chi connectivity index (χ3n) is 3.36. The predicted molar refractivity (Wildman–Crippen MR) is 66.7 cm³/mol. The van der Waals surface area contributed by atoms with Crippen LogP contribution >= 0.6 is 0 Å². The van der Waals surface area contributed by atoms with E-state index >= 15 is 0 Å². The van der Waals surface area contributed by atoms with Crippen LogP contribution in [-0.4, -0.2) is 39.0 Å². The third-order valence-corrected chi connectivity index (χ3v) is 3.36. The molecule has 1 unspecified atom stereocenters. The van der Waals surface area contributed by atoms with Gasteiger partial charge in [0.25, 0.3) is 0 Å². The summed E-state index contributed by atoms with van der Waals surface area (Å²) >= 11 is 0. The Bertz CT molecular complexity index is 161. The number of nitrogens with one attached hydrogen (secondary N) is 1. The van der Waals surface area contributed by atoms with Crippen LogP contribution in [0.25, 0.3) is 0 Å². The fourth-order valence-corrected chi connectivity index (χ4v) is 2.30. The van der Waals surface area contributed by atoms with E-state index in [1.807, 2.05) is 0 Å². The molecule has 16 heavy (non-hydrogen) atoms. The van der Waals surface area contributed by atoms with Gasteiger partial charge in [0.15, 0.2) is 0 Å². The quantitative estimate of drug-likeness (QED) is 0.726. The van der Waals surface area contributed by atoms with Gasteiger partial charge in [-0.3, -0.25) is 0 Å². The molecule has 0 amide bonds. The Hall–Kier alpha value is -0.120. The summed E-state index contributed by atoms with van der Waals surface area (Å²) in [6.45, 7) is 6.93. The molecule has 0 aromatic carbocycles. The minimum atomic E-state index is 0.342. The average Bonchev–Trinajstić information content (AvgIpc) is 2.29. The molecule has 0 spiro atoms. The Morgan fingerprint density at radius 2 is 1.88 bits per heavy atom. The zero-order chi connectivity index (χ0) is 11.8. The zero-order valence-electron chi connectivity index (χ0n) is 11.0. The minimum absolute atomic E-state index is 0.342. The Morgan fingerprint density at radius 3 is 2.44 bits per heavy atom. The van der Waals surface area contributed by atoms with E-state index in [0.717, 1.165) is 25.7 Å². The monoisotopic (exact) mass is 229 g/mol. The second-order valence-electron chi connectivity index (χ2n) is 4.93. The number of ether oxygens (including phenoxy) is 2. The van der Waals surface area contributed by atoms with Crippen molar-refractivity contribution in [3.63, 3.8) is 0 Å². The standard InChI is InChI=1S/C13H27NO2/c1-4-14-12(9-15-3)10-16-13-7-5-11(2)6-8-13/h11-14H,4-10H2,1-3H3. The van der Waals surface area contributed by atoms with Gasteiger partial charge >= 0.3 is 0 Å². The van der Waals surface area contributed by atoms with Gasteiger partial charge in [0.1, 0.15) is 0 Å². The van der Waals surface area contributed by atoms with E-state index in [-0.39, 0.29) is 0 Å². The largest absolute Gasteiger partial charge is 0.383 e. The van der Waals surface area contributed by atoms with Crippen molar-refractivity contribution in [2.75, 3.05) is 26.9 Å². The fourth-order valence-electron chi connectivity index (χ4n) is 2.30. The predicted octanol–water partition coefficient (Wildman–Crippen LogP) is 2.21. The summed E-state index contributed by atoms with van der Waals surface area (Å²) in [6, 6.07) is 0.342. The first-order valence-electron chi connectivity index (χ1n) is 6.60. The lowest BCUT2D eigenvalue weighted by Gasteiger charge is -2.28. The highest BCUT2D eigenvalue weighted by Gasteiger charge is 2.19. The molecule has 0 aliphatic heterocycles. The second kappa shape index (κ2) is 8.04. The van der Waals surface area contributed by atoms with Gasteiger partial charge < -0.3 is 14.8 Å². The first kappa shape index (κ1) is 13.9. The molecular weight excluding hydrogens is 202 g/mol. The molecule has 1 fully saturated rings. The molecule has 96 valence electrons. The second-order valence-corrected chi connectivity index (χ2v) is 4.93. The molecule has 1 saturated carbocycles. The van der Waals surface area contributed by atoms with Crippen LogP contribution < -0.4 is 5.32 Å². The number of rotatable bonds is 7. The molecule has 1 aliphatic rings.